The molecule has 0 aromatic carbocycles. The van der Waals surface area contributed by atoms with E-state index in [0.29, 0.717) is 18.8 Å². The quantitative estimate of drug-likeness (QED) is 0.617. The molecule has 0 aromatic rings. The number of fused-ring (bicyclic) bond motifs is 1. The molecule has 1 atom stereocenters. The Morgan fingerprint density at radius 3 is 3.31 bits per heavy atom. The summed E-state index contributed by atoms with van der Waals surface area (Å²) in [5, 5.41) is 3.08. The van der Waals surface area contributed by atoms with Crippen molar-refractivity contribution in [3.8, 4) is 0 Å². The van der Waals surface area contributed by atoms with Gasteiger partial charge in [0.15, 0.2) is 5.78 Å². The fourth-order valence-corrected chi connectivity index (χ4v) is 1.50. The number of carbonyl (C=O) groups is 1. The van der Waals surface area contributed by atoms with Crippen molar-refractivity contribution in [2.24, 2.45) is 0 Å². The number of ether oxygens (including phenoxy) is 2. The smallest absolute Gasteiger partial charge is 0.230 e. The standard InChI is InChI=1S/C9H11NO3/c1-12-9-3-2-7(11)6-8(9)10-4-5-13-9/h2-3,6,10H,4-5H2,1H3. The summed E-state index contributed by atoms with van der Waals surface area (Å²) in [6.45, 7) is 1.28. The highest BCUT2D eigenvalue weighted by molar-refractivity contribution is 6.01. The Hall–Kier alpha value is -1.13. The third-order valence-electron chi connectivity index (χ3n) is 2.17. The van der Waals surface area contributed by atoms with Crippen molar-refractivity contribution in [3.05, 3.63) is 23.9 Å². The second-order valence-corrected chi connectivity index (χ2v) is 2.94. The third kappa shape index (κ3) is 1.28. The first-order chi connectivity index (χ1) is 6.27. The summed E-state index contributed by atoms with van der Waals surface area (Å²) in [6.07, 6.45) is 4.60. The molecule has 1 aliphatic heterocycles. The molecule has 1 aliphatic carbocycles. The number of hydrogen-bond donors (Lipinski definition) is 1. The van der Waals surface area contributed by atoms with Gasteiger partial charge < -0.3 is 14.8 Å². The SMILES string of the molecule is COC12C=CC(=O)C=C1NCCO2. The Morgan fingerprint density at radius 2 is 2.54 bits per heavy atom. The van der Waals surface area contributed by atoms with Gasteiger partial charge in [0.2, 0.25) is 5.79 Å². The Labute approximate surface area is 76.2 Å². The first-order valence-corrected chi connectivity index (χ1v) is 4.15. The molecule has 2 rings (SSSR count). The van der Waals surface area contributed by atoms with E-state index in [2.05, 4.69) is 5.32 Å². The van der Waals surface area contributed by atoms with Gasteiger partial charge in [0.05, 0.1) is 12.3 Å². The van der Waals surface area contributed by atoms with Crippen LogP contribution in [0.5, 0.6) is 0 Å². The molecule has 1 saturated heterocycles. The molecule has 13 heavy (non-hydrogen) atoms. The molecule has 0 aromatic heterocycles. The summed E-state index contributed by atoms with van der Waals surface area (Å²) < 4.78 is 10.7. The van der Waals surface area contributed by atoms with E-state index in [9.17, 15) is 4.79 Å². The summed E-state index contributed by atoms with van der Waals surface area (Å²) in [4.78, 5) is 11.1. The van der Waals surface area contributed by atoms with Crippen LogP contribution in [0.4, 0.5) is 0 Å². The van der Waals surface area contributed by atoms with E-state index in [1.807, 2.05) is 0 Å². The maximum absolute atomic E-state index is 11.1. The molecule has 0 amide bonds. The molecule has 2 aliphatic rings. The number of hydrogen-bond acceptors (Lipinski definition) is 4. The Balaban J connectivity index is 2.35. The summed E-state index contributed by atoms with van der Waals surface area (Å²) in [5.41, 5.74) is 0.689. The average molecular weight is 181 g/mol. The van der Waals surface area contributed by atoms with Gasteiger partial charge in [-0.05, 0) is 12.2 Å². The topological polar surface area (TPSA) is 47.6 Å². The Kier molecular flexibility index (Phi) is 1.94. The van der Waals surface area contributed by atoms with E-state index in [-0.39, 0.29) is 5.78 Å². The monoisotopic (exact) mass is 181 g/mol. The van der Waals surface area contributed by atoms with Crippen LogP contribution in [0.1, 0.15) is 0 Å². The predicted octanol–water partition coefficient (Wildman–Crippen LogP) is -0.0283. The van der Waals surface area contributed by atoms with E-state index >= 15 is 0 Å². The van der Waals surface area contributed by atoms with Crippen LogP contribution in [0.15, 0.2) is 23.9 Å². The van der Waals surface area contributed by atoms with Gasteiger partial charge in [-0.25, -0.2) is 0 Å². The van der Waals surface area contributed by atoms with Gasteiger partial charge in [0.25, 0.3) is 0 Å². The number of nitrogens with one attached hydrogen (secondary N) is 1. The lowest BCUT2D eigenvalue weighted by Gasteiger charge is -2.37. The average Bonchev–Trinajstić information content (AvgIpc) is 2.18. The Morgan fingerprint density at radius 1 is 1.69 bits per heavy atom. The largest absolute Gasteiger partial charge is 0.381 e. The first kappa shape index (κ1) is 8.47. The molecule has 0 bridgehead atoms. The van der Waals surface area contributed by atoms with Crippen molar-refractivity contribution in [3.63, 3.8) is 0 Å². The maximum atomic E-state index is 11.1. The molecule has 4 heteroatoms. The fraction of sp³-hybridized carbons (Fsp3) is 0.444. The summed E-state index contributed by atoms with van der Waals surface area (Å²) in [7, 11) is 1.56. The second kappa shape index (κ2) is 2.97. The zero-order chi connectivity index (χ0) is 9.31. The second-order valence-electron chi connectivity index (χ2n) is 2.94. The number of methoxy groups -OCH3 is 1. The van der Waals surface area contributed by atoms with Crippen LogP contribution in [0, 0.1) is 0 Å². The minimum atomic E-state index is -0.855. The molecule has 0 spiro atoms. The van der Waals surface area contributed by atoms with Gasteiger partial charge in [-0.15, -0.1) is 0 Å². The Bertz CT molecular complexity index is 295. The molecule has 0 radical (unpaired) electrons. The van der Waals surface area contributed by atoms with E-state index in [4.69, 9.17) is 9.47 Å². The van der Waals surface area contributed by atoms with Crippen molar-refractivity contribution in [1.82, 2.24) is 5.32 Å². The molecular weight excluding hydrogens is 170 g/mol. The van der Waals surface area contributed by atoms with E-state index in [1.54, 1.807) is 13.2 Å². The number of ketones is 1. The molecule has 70 valence electrons. The first-order valence-electron chi connectivity index (χ1n) is 4.15. The number of allylic oxidation sites excluding steroid dienone is 2. The van der Waals surface area contributed by atoms with Crippen LogP contribution in [-0.4, -0.2) is 31.8 Å². The van der Waals surface area contributed by atoms with Gasteiger partial charge in [-0.2, -0.15) is 0 Å². The van der Waals surface area contributed by atoms with Gasteiger partial charge in [-0.3, -0.25) is 4.79 Å². The lowest BCUT2D eigenvalue weighted by molar-refractivity contribution is -0.177. The van der Waals surface area contributed by atoms with Gasteiger partial charge in [0.1, 0.15) is 0 Å². The highest BCUT2D eigenvalue weighted by atomic mass is 16.7. The van der Waals surface area contributed by atoms with Crippen LogP contribution in [-0.2, 0) is 14.3 Å². The third-order valence-corrected chi connectivity index (χ3v) is 2.17. The predicted molar refractivity (Wildman–Crippen MR) is 45.9 cm³/mol. The lowest BCUT2D eigenvalue weighted by Crippen LogP contribution is -2.49. The minimum absolute atomic E-state index is 0.0410. The van der Waals surface area contributed by atoms with Crippen LogP contribution in [0.3, 0.4) is 0 Å². The van der Waals surface area contributed by atoms with Gasteiger partial charge >= 0.3 is 0 Å². The molecule has 1 N–H and O–H groups in total. The normalized spacial score (nSPS) is 32.1. The number of carbonyl (C=O) groups excluding carboxylic acids is 1. The highest BCUT2D eigenvalue weighted by Gasteiger charge is 2.38. The zero-order valence-corrected chi connectivity index (χ0v) is 7.37. The molecule has 4 nitrogen and oxygen atoms in total. The molecule has 1 heterocycles. The summed E-state index contributed by atoms with van der Waals surface area (Å²) >= 11 is 0. The van der Waals surface area contributed by atoms with Crippen molar-refractivity contribution in [1.29, 1.82) is 0 Å². The van der Waals surface area contributed by atoms with Crippen LogP contribution in [0.2, 0.25) is 0 Å². The van der Waals surface area contributed by atoms with E-state index < -0.39 is 5.79 Å². The summed E-state index contributed by atoms with van der Waals surface area (Å²) in [6, 6.07) is 0. The number of morpholine rings is 1. The highest BCUT2D eigenvalue weighted by Crippen LogP contribution is 2.27. The van der Waals surface area contributed by atoms with Gasteiger partial charge in [0, 0.05) is 19.7 Å². The molecular formula is C9H11NO3. The minimum Gasteiger partial charge on any atom is -0.381 e. The number of rotatable bonds is 1. The lowest BCUT2D eigenvalue weighted by atomic mass is 10.0. The molecule has 1 unspecified atom stereocenters. The van der Waals surface area contributed by atoms with Crippen LogP contribution >= 0.6 is 0 Å². The van der Waals surface area contributed by atoms with E-state index in [1.165, 1.54) is 12.2 Å². The van der Waals surface area contributed by atoms with Gasteiger partial charge in [-0.1, -0.05) is 0 Å². The molecule has 0 saturated carbocycles. The van der Waals surface area contributed by atoms with Crippen molar-refractivity contribution >= 4 is 5.78 Å². The zero-order valence-electron chi connectivity index (χ0n) is 7.37. The van der Waals surface area contributed by atoms with Crippen LogP contribution < -0.4 is 5.32 Å². The van der Waals surface area contributed by atoms with E-state index in [0.717, 1.165) is 0 Å². The molecule has 1 fully saturated rings. The van der Waals surface area contributed by atoms with Crippen molar-refractivity contribution in [2.45, 2.75) is 5.79 Å². The van der Waals surface area contributed by atoms with Crippen molar-refractivity contribution < 1.29 is 14.3 Å². The van der Waals surface area contributed by atoms with Crippen molar-refractivity contribution in [2.75, 3.05) is 20.3 Å². The summed E-state index contributed by atoms with van der Waals surface area (Å²) in [5.74, 6) is -0.896. The fourth-order valence-electron chi connectivity index (χ4n) is 1.50. The van der Waals surface area contributed by atoms with Crippen LogP contribution in [0.25, 0.3) is 0 Å². The maximum Gasteiger partial charge on any atom is 0.230 e.